The highest BCUT2D eigenvalue weighted by atomic mass is 16.5. The van der Waals surface area contributed by atoms with Gasteiger partial charge in [0.2, 0.25) is 0 Å². The van der Waals surface area contributed by atoms with E-state index in [9.17, 15) is 5.11 Å². The summed E-state index contributed by atoms with van der Waals surface area (Å²) in [6.45, 7) is 10.3. The minimum Gasteiger partial charge on any atom is -0.491 e. The van der Waals surface area contributed by atoms with Crippen molar-refractivity contribution in [1.82, 2.24) is 5.32 Å². The normalized spacial score (nSPS) is 13.4. The van der Waals surface area contributed by atoms with Gasteiger partial charge in [-0.3, -0.25) is 0 Å². The van der Waals surface area contributed by atoms with Crippen LogP contribution in [0.3, 0.4) is 0 Å². The molecule has 0 aliphatic heterocycles. The summed E-state index contributed by atoms with van der Waals surface area (Å²) >= 11 is 0. The van der Waals surface area contributed by atoms with Crippen LogP contribution in [0.5, 0.6) is 5.75 Å². The highest BCUT2D eigenvalue weighted by Crippen LogP contribution is 2.12. The smallest absolute Gasteiger partial charge is 0.119 e. The Kier molecular flexibility index (Phi) is 5.63. The Morgan fingerprint density at radius 2 is 1.83 bits per heavy atom. The minimum absolute atomic E-state index is 0.234. The van der Waals surface area contributed by atoms with Gasteiger partial charge < -0.3 is 15.2 Å². The van der Waals surface area contributed by atoms with Gasteiger partial charge >= 0.3 is 0 Å². The third-order valence-corrected chi connectivity index (χ3v) is 2.50. The van der Waals surface area contributed by atoms with Crippen LogP contribution in [0.25, 0.3) is 0 Å². The van der Waals surface area contributed by atoms with Crippen molar-refractivity contribution >= 4 is 0 Å². The van der Waals surface area contributed by atoms with E-state index in [4.69, 9.17) is 4.74 Å². The Hall–Kier alpha value is -1.06. The van der Waals surface area contributed by atoms with E-state index < -0.39 is 6.10 Å². The maximum absolute atomic E-state index is 9.77. The summed E-state index contributed by atoms with van der Waals surface area (Å²) in [4.78, 5) is 0. The lowest BCUT2D eigenvalue weighted by molar-refractivity contribution is 0.104. The molecule has 1 atom stereocenters. The van der Waals surface area contributed by atoms with Gasteiger partial charge in [0.15, 0.2) is 0 Å². The van der Waals surface area contributed by atoms with Gasteiger partial charge in [0, 0.05) is 13.1 Å². The lowest BCUT2D eigenvalue weighted by atomic mass is 9.97. The molecule has 0 spiro atoms. The average molecular weight is 251 g/mol. The molecule has 1 rings (SSSR count). The van der Waals surface area contributed by atoms with Crippen LogP contribution in [0, 0.1) is 12.3 Å². The number of hydrogen-bond acceptors (Lipinski definition) is 3. The third-order valence-electron chi connectivity index (χ3n) is 2.50. The van der Waals surface area contributed by atoms with E-state index in [1.807, 2.05) is 31.2 Å². The molecule has 0 radical (unpaired) electrons. The number of benzene rings is 1. The maximum atomic E-state index is 9.77. The van der Waals surface area contributed by atoms with Crippen LogP contribution in [-0.4, -0.2) is 30.9 Å². The summed E-state index contributed by atoms with van der Waals surface area (Å²) < 4.78 is 5.52. The fourth-order valence-electron chi connectivity index (χ4n) is 1.50. The zero-order valence-electron chi connectivity index (χ0n) is 11.9. The molecule has 0 aromatic heterocycles. The number of aliphatic hydroxyl groups is 1. The quantitative estimate of drug-likeness (QED) is 0.815. The summed E-state index contributed by atoms with van der Waals surface area (Å²) in [5.74, 6) is 0.801. The van der Waals surface area contributed by atoms with Crippen molar-refractivity contribution in [3.8, 4) is 5.75 Å². The molecule has 0 heterocycles. The Balaban J connectivity index is 2.21. The van der Waals surface area contributed by atoms with Crippen LogP contribution >= 0.6 is 0 Å². The summed E-state index contributed by atoms with van der Waals surface area (Å²) in [6.07, 6.45) is -0.478. The third kappa shape index (κ3) is 6.62. The molecule has 102 valence electrons. The number of ether oxygens (including phenoxy) is 1. The van der Waals surface area contributed by atoms with Gasteiger partial charge in [0.05, 0.1) is 0 Å². The van der Waals surface area contributed by atoms with E-state index in [-0.39, 0.29) is 5.41 Å². The predicted octanol–water partition coefficient (Wildman–Crippen LogP) is 2.37. The SMILES string of the molecule is Cc1ccc(OCC(O)CNCC(C)(C)C)cc1. The van der Waals surface area contributed by atoms with Gasteiger partial charge in [0.1, 0.15) is 18.5 Å². The van der Waals surface area contributed by atoms with Crippen LogP contribution < -0.4 is 10.1 Å². The summed E-state index contributed by atoms with van der Waals surface area (Å²) in [5.41, 5.74) is 1.44. The number of rotatable bonds is 6. The molecule has 3 nitrogen and oxygen atoms in total. The summed E-state index contributed by atoms with van der Waals surface area (Å²) in [5, 5.41) is 13.0. The second-order valence-corrected chi connectivity index (χ2v) is 5.97. The van der Waals surface area contributed by atoms with Crippen LogP contribution in [0.2, 0.25) is 0 Å². The molecule has 0 saturated carbocycles. The van der Waals surface area contributed by atoms with E-state index in [2.05, 4.69) is 26.1 Å². The van der Waals surface area contributed by atoms with E-state index in [0.29, 0.717) is 13.2 Å². The molecule has 0 aliphatic carbocycles. The van der Waals surface area contributed by atoms with Crippen LogP contribution in [0.1, 0.15) is 26.3 Å². The molecule has 1 aromatic rings. The Labute approximate surface area is 110 Å². The van der Waals surface area contributed by atoms with Gasteiger partial charge in [-0.05, 0) is 24.5 Å². The molecular weight excluding hydrogens is 226 g/mol. The zero-order valence-corrected chi connectivity index (χ0v) is 11.9. The molecule has 0 aliphatic rings. The van der Waals surface area contributed by atoms with Gasteiger partial charge in [0.25, 0.3) is 0 Å². The Morgan fingerprint density at radius 1 is 1.22 bits per heavy atom. The zero-order chi connectivity index (χ0) is 13.6. The standard InChI is InChI=1S/C15H25NO2/c1-12-5-7-14(8-6-12)18-10-13(17)9-16-11-15(2,3)4/h5-8,13,16-17H,9-11H2,1-4H3. The number of hydrogen-bond donors (Lipinski definition) is 2. The molecule has 2 N–H and O–H groups in total. The molecule has 18 heavy (non-hydrogen) atoms. The highest BCUT2D eigenvalue weighted by Gasteiger charge is 2.11. The molecule has 3 heteroatoms. The predicted molar refractivity (Wildman–Crippen MR) is 75.0 cm³/mol. The molecule has 0 bridgehead atoms. The van der Waals surface area contributed by atoms with Crippen molar-refractivity contribution in [3.05, 3.63) is 29.8 Å². The fraction of sp³-hybridized carbons (Fsp3) is 0.600. The summed E-state index contributed by atoms with van der Waals surface area (Å²) in [7, 11) is 0. The van der Waals surface area contributed by atoms with Crippen LogP contribution in [-0.2, 0) is 0 Å². The number of nitrogens with one attached hydrogen (secondary N) is 1. The van der Waals surface area contributed by atoms with Crippen molar-refractivity contribution in [3.63, 3.8) is 0 Å². The fourth-order valence-corrected chi connectivity index (χ4v) is 1.50. The van der Waals surface area contributed by atoms with Gasteiger partial charge in [-0.15, -0.1) is 0 Å². The second kappa shape index (κ2) is 6.76. The van der Waals surface area contributed by atoms with E-state index in [1.165, 1.54) is 5.56 Å². The maximum Gasteiger partial charge on any atom is 0.119 e. The molecule has 1 aromatic carbocycles. The largest absolute Gasteiger partial charge is 0.491 e. The first-order valence-corrected chi connectivity index (χ1v) is 6.45. The van der Waals surface area contributed by atoms with Crippen molar-refractivity contribution in [2.24, 2.45) is 5.41 Å². The van der Waals surface area contributed by atoms with Crippen LogP contribution in [0.4, 0.5) is 0 Å². The van der Waals surface area contributed by atoms with E-state index in [1.54, 1.807) is 0 Å². The molecule has 0 saturated heterocycles. The monoisotopic (exact) mass is 251 g/mol. The van der Waals surface area contributed by atoms with Crippen molar-refractivity contribution < 1.29 is 9.84 Å². The topological polar surface area (TPSA) is 41.5 Å². The highest BCUT2D eigenvalue weighted by molar-refractivity contribution is 5.26. The first-order valence-electron chi connectivity index (χ1n) is 6.45. The molecular formula is C15H25NO2. The van der Waals surface area contributed by atoms with E-state index in [0.717, 1.165) is 12.3 Å². The van der Waals surface area contributed by atoms with Gasteiger partial charge in [-0.1, -0.05) is 38.5 Å². The van der Waals surface area contributed by atoms with Crippen molar-refractivity contribution in [2.75, 3.05) is 19.7 Å². The molecule has 1 unspecified atom stereocenters. The van der Waals surface area contributed by atoms with E-state index >= 15 is 0 Å². The summed E-state index contributed by atoms with van der Waals surface area (Å²) in [6, 6.07) is 7.84. The number of aliphatic hydroxyl groups excluding tert-OH is 1. The molecule has 0 fully saturated rings. The lowest BCUT2D eigenvalue weighted by Crippen LogP contribution is -2.36. The second-order valence-electron chi connectivity index (χ2n) is 5.97. The van der Waals surface area contributed by atoms with Crippen molar-refractivity contribution in [2.45, 2.75) is 33.8 Å². The first kappa shape index (κ1) is 15.0. The van der Waals surface area contributed by atoms with Crippen LogP contribution in [0.15, 0.2) is 24.3 Å². The number of aryl methyl sites for hydroxylation is 1. The average Bonchev–Trinajstić information content (AvgIpc) is 2.26. The first-order chi connectivity index (χ1) is 8.37. The minimum atomic E-state index is -0.478. The van der Waals surface area contributed by atoms with Crippen molar-refractivity contribution in [1.29, 1.82) is 0 Å². The Bertz CT molecular complexity index is 341. The lowest BCUT2D eigenvalue weighted by Gasteiger charge is -2.20. The van der Waals surface area contributed by atoms with Gasteiger partial charge in [-0.25, -0.2) is 0 Å². The Morgan fingerprint density at radius 3 is 2.39 bits per heavy atom. The van der Waals surface area contributed by atoms with Gasteiger partial charge in [-0.2, -0.15) is 0 Å². The molecule has 0 amide bonds.